The van der Waals surface area contributed by atoms with Crippen molar-refractivity contribution >= 4 is 17.6 Å². The summed E-state index contributed by atoms with van der Waals surface area (Å²) in [5.74, 6) is -0.592. The Morgan fingerprint density at radius 1 is 1.54 bits per heavy atom. The van der Waals surface area contributed by atoms with E-state index in [4.69, 9.17) is 21.4 Å². The second-order valence-corrected chi connectivity index (χ2v) is 3.53. The zero-order chi connectivity index (χ0) is 9.47. The number of benzene rings is 1. The van der Waals surface area contributed by atoms with Crippen LogP contribution in [0.15, 0.2) is 24.3 Å². The normalized spacial score (nSPS) is 25.0. The maximum Gasteiger partial charge on any atom is 0.364 e. The number of rotatable bonds is 1. The molecule has 68 valence electrons. The molecule has 4 heteroatoms. The Morgan fingerprint density at radius 2 is 2.23 bits per heavy atom. The first-order valence-electron chi connectivity index (χ1n) is 3.81. The summed E-state index contributed by atoms with van der Waals surface area (Å²) in [7, 11) is 0. The molecule has 0 aliphatic carbocycles. The number of ether oxygens (including phenoxy) is 1. The number of carboxylic acid groups (broad SMARTS) is 1. The summed E-state index contributed by atoms with van der Waals surface area (Å²) < 4.78 is 5.12. The Bertz CT molecular complexity index is 337. The fourth-order valence-corrected chi connectivity index (χ4v) is 1.55. The Balaban J connectivity index is 2.37. The minimum atomic E-state index is -1.61. The van der Waals surface area contributed by atoms with Gasteiger partial charge in [-0.05, 0) is 6.07 Å². The van der Waals surface area contributed by atoms with Gasteiger partial charge in [0, 0.05) is 12.0 Å². The van der Waals surface area contributed by atoms with Crippen LogP contribution in [0.1, 0.15) is 5.56 Å². The summed E-state index contributed by atoms with van der Waals surface area (Å²) in [5.41, 5.74) is 0.833. The van der Waals surface area contributed by atoms with Crippen molar-refractivity contribution in [2.75, 3.05) is 0 Å². The van der Waals surface area contributed by atoms with Gasteiger partial charge in [-0.3, -0.25) is 0 Å². The van der Waals surface area contributed by atoms with Gasteiger partial charge in [0.25, 0.3) is 5.06 Å². The quantitative estimate of drug-likeness (QED) is 0.698. The molecule has 1 N–H and O–H groups in total. The number of aliphatic carboxylic acids is 1. The predicted molar refractivity (Wildman–Crippen MR) is 47.0 cm³/mol. The molecular weight excluding hydrogens is 192 g/mol. The van der Waals surface area contributed by atoms with Crippen molar-refractivity contribution in [3.05, 3.63) is 29.8 Å². The number of alkyl halides is 1. The molecule has 1 atom stereocenters. The van der Waals surface area contributed by atoms with Crippen molar-refractivity contribution in [1.82, 2.24) is 0 Å². The van der Waals surface area contributed by atoms with E-state index in [0.717, 1.165) is 5.56 Å². The molecule has 13 heavy (non-hydrogen) atoms. The average molecular weight is 199 g/mol. The third-order valence-corrected chi connectivity index (χ3v) is 2.35. The monoisotopic (exact) mass is 198 g/mol. The number of carbonyl (C=O) groups is 1. The highest BCUT2D eigenvalue weighted by Crippen LogP contribution is 2.37. The molecule has 3 nitrogen and oxygen atoms in total. The lowest BCUT2D eigenvalue weighted by atomic mass is 10.1. The van der Waals surface area contributed by atoms with Gasteiger partial charge in [0.2, 0.25) is 0 Å². The van der Waals surface area contributed by atoms with Gasteiger partial charge in [-0.25, -0.2) is 4.79 Å². The second kappa shape index (κ2) is 2.64. The van der Waals surface area contributed by atoms with E-state index in [0.29, 0.717) is 5.75 Å². The SMILES string of the molecule is O=C(O)C1(Cl)Cc2ccccc2O1. The average Bonchev–Trinajstić information content (AvgIpc) is 2.42. The molecule has 0 aromatic heterocycles. The lowest BCUT2D eigenvalue weighted by Crippen LogP contribution is -2.36. The van der Waals surface area contributed by atoms with Crippen molar-refractivity contribution in [1.29, 1.82) is 0 Å². The molecule has 0 fully saturated rings. The molecule has 1 heterocycles. The molecular formula is C9H7ClO3. The highest BCUT2D eigenvalue weighted by atomic mass is 35.5. The number of hydrogen-bond acceptors (Lipinski definition) is 2. The Kier molecular flexibility index (Phi) is 1.70. The van der Waals surface area contributed by atoms with Gasteiger partial charge < -0.3 is 9.84 Å². The van der Waals surface area contributed by atoms with Gasteiger partial charge in [0.15, 0.2) is 0 Å². The van der Waals surface area contributed by atoms with E-state index in [9.17, 15) is 4.79 Å². The van der Waals surface area contributed by atoms with E-state index < -0.39 is 11.0 Å². The Labute approximate surface area is 79.9 Å². The van der Waals surface area contributed by atoms with Crippen molar-refractivity contribution in [2.24, 2.45) is 0 Å². The molecule has 0 spiro atoms. The largest absolute Gasteiger partial charge is 0.477 e. The topological polar surface area (TPSA) is 46.5 Å². The lowest BCUT2D eigenvalue weighted by Gasteiger charge is -2.14. The third kappa shape index (κ3) is 1.25. The van der Waals surface area contributed by atoms with Crippen LogP contribution >= 0.6 is 11.6 Å². The van der Waals surface area contributed by atoms with E-state index >= 15 is 0 Å². The molecule has 0 radical (unpaired) electrons. The second-order valence-electron chi connectivity index (χ2n) is 2.92. The number of fused-ring (bicyclic) bond motifs is 1. The minimum Gasteiger partial charge on any atom is -0.477 e. The molecule has 0 saturated heterocycles. The van der Waals surface area contributed by atoms with Crippen molar-refractivity contribution in [3.63, 3.8) is 0 Å². The molecule has 1 unspecified atom stereocenters. The van der Waals surface area contributed by atoms with Gasteiger partial charge in [-0.2, -0.15) is 0 Å². The summed E-state index contributed by atoms with van der Waals surface area (Å²) >= 11 is 5.75. The van der Waals surface area contributed by atoms with Crippen molar-refractivity contribution in [3.8, 4) is 5.75 Å². The first-order chi connectivity index (χ1) is 6.12. The van der Waals surface area contributed by atoms with Gasteiger partial charge in [0.1, 0.15) is 5.75 Å². The highest BCUT2D eigenvalue weighted by molar-refractivity contribution is 6.33. The number of hydrogen-bond donors (Lipinski definition) is 1. The van der Waals surface area contributed by atoms with Crippen LogP contribution < -0.4 is 4.74 Å². The summed E-state index contributed by atoms with van der Waals surface area (Å²) in [6, 6.07) is 7.13. The van der Waals surface area contributed by atoms with Crippen LogP contribution in [0.2, 0.25) is 0 Å². The Morgan fingerprint density at radius 3 is 2.85 bits per heavy atom. The van der Waals surface area contributed by atoms with Crippen LogP contribution in [0, 0.1) is 0 Å². The zero-order valence-corrected chi connectivity index (χ0v) is 7.41. The van der Waals surface area contributed by atoms with Gasteiger partial charge in [-0.15, -0.1) is 0 Å². The minimum absolute atomic E-state index is 0.208. The maximum atomic E-state index is 10.7. The van der Waals surface area contributed by atoms with Crippen molar-refractivity contribution in [2.45, 2.75) is 11.5 Å². The van der Waals surface area contributed by atoms with E-state index in [2.05, 4.69) is 0 Å². The molecule has 2 rings (SSSR count). The zero-order valence-electron chi connectivity index (χ0n) is 6.66. The van der Waals surface area contributed by atoms with Crippen LogP contribution in [0.4, 0.5) is 0 Å². The van der Waals surface area contributed by atoms with Gasteiger partial charge in [0.05, 0.1) is 0 Å². The molecule has 0 amide bonds. The van der Waals surface area contributed by atoms with Crippen LogP contribution in [0.5, 0.6) is 5.75 Å². The summed E-state index contributed by atoms with van der Waals surface area (Å²) in [6.07, 6.45) is 0.208. The summed E-state index contributed by atoms with van der Waals surface area (Å²) in [5, 5.41) is 7.18. The maximum absolute atomic E-state index is 10.7. The van der Waals surface area contributed by atoms with Crippen LogP contribution in [0.3, 0.4) is 0 Å². The molecule has 1 aromatic rings. The van der Waals surface area contributed by atoms with Gasteiger partial charge >= 0.3 is 5.97 Å². The first kappa shape index (κ1) is 8.38. The Hall–Kier alpha value is -1.22. The number of para-hydroxylation sites is 1. The van der Waals surface area contributed by atoms with E-state index in [-0.39, 0.29) is 6.42 Å². The smallest absolute Gasteiger partial charge is 0.364 e. The molecule has 1 aliphatic rings. The third-order valence-electron chi connectivity index (χ3n) is 1.98. The predicted octanol–water partition coefficient (Wildman–Crippen LogP) is 1.64. The summed E-state index contributed by atoms with van der Waals surface area (Å²) in [4.78, 5) is 10.7. The van der Waals surface area contributed by atoms with Crippen LogP contribution in [-0.4, -0.2) is 16.1 Å². The molecule has 1 aromatic carbocycles. The highest BCUT2D eigenvalue weighted by Gasteiger charge is 2.44. The van der Waals surface area contributed by atoms with Crippen LogP contribution in [0.25, 0.3) is 0 Å². The summed E-state index contributed by atoms with van der Waals surface area (Å²) in [6.45, 7) is 0. The fourth-order valence-electron chi connectivity index (χ4n) is 1.32. The fraction of sp³-hybridized carbons (Fsp3) is 0.222. The van der Waals surface area contributed by atoms with Crippen molar-refractivity contribution < 1.29 is 14.6 Å². The van der Waals surface area contributed by atoms with E-state index in [1.54, 1.807) is 12.1 Å². The first-order valence-corrected chi connectivity index (χ1v) is 4.19. The molecule has 0 saturated carbocycles. The number of carboxylic acids is 1. The van der Waals surface area contributed by atoms with E-state index in [1.165, 1.54) is 0 Å². The standard InChI is InChI=1S/C9H7ClO3/c10-9(8(11)12)5-6-3-1-2-4-7(6)13-9/h1-4H,5H2,(H,11,12). The molecule has 1 aliphatic heterocycles. The van der Waals surface area contributed by atoms with Gasteiger partial charge in [-0.1, -0.05) is 29.8 Å². The number of halogens is 1. The van der Waals surface area contributed by atoms with E-state index in [1.807, 2.05) is 12.1 Å². The van der Waals surface area contributed by atoms with Crippen LogP contribution in [-0.2, 0) is 11.2 Å². The lowest BCUT2D eigenvalue weighted by molar-refractivity contribution is -0.147. The molecule has 0 bridgehead atoms.